The molecule has 2 N–H and O–H groups in total. The molecule has 2 heterocycles. The summed E-state index contributed by atoms with van der Waals surface area (Å²) >= 11 is 0. The van der Waals surface area contributed by atoms with E-state index in [0.29, 0.717) is 19.5 Å². The summed E-state index contributed by atoms with van der Waals surface area (Å²) in [6.07, 6.45) is 3.56. The second-order valence-electron chi connectivity index (χ2n) is 7.86. The second-order valence-corrected chi connectivity index (χ2v) is 7.86. The molecule has 1 aromatic carbocycles. The average molecular weight is 385 g/mol. The highest BCUT2D eigenvalue weighted by molar-refractivity contribution is 5.91. The lowest BCUT2D eigenvalue weighted by atomic mass is 9.73. The van der Waals surface area contributed by atoms with Crippen molar-refractivity contribution in [3.63, 3.8) is 0 Å². The highest BCUT2D eigenvalue weighted by atomic mass is 16.6. The van der Waals surface area contributed by atoms with Crippen molar-refractivity contribution in [1.29, 1.82) is 0 Å². The SMILES string of the molecule is CCN(CC)C(=O)N[C@H]1CC2c3c([N+](=O)[O-])ccc4[nH]cc(c34)C[C@H]2N(C)C1. The number of carbonyl (C=O) groups excluding carboxylic acids is 1. The Kier molecular flexibility index (Phi) is 4.74. The first kappa shape index (κ1) is 18.7. The van der Waals surface area contributed by atoms with Crippen molar-refractivity contribution in [2.24, 2.45) is 0 Å². The topological polar surface area (TPSA) is 94.5 Å². The van der Waals surface area contributed by atoms with Crippen molar-refractivity contribution < 1.29 is 9.72 Å². The Morgan fingerprint density at radius 2 is 2.14 bits per heavy atom. The number of benzene rings is 1. The molecule has 8 nitrogen and oxygen atoms in total. The molecule has 1 aromatic heterocycles. The molecule has 28 heavy (non-hydrogen) atoms. The van der Waals surface area contributed by atoms with Crippen LogP contribution in [0.1, 0.15) is 37.3 Å². The van der Waals surface area contributed by atoms with Gasteiger partial charge in [0.15, 0.2) is 0 Å². The first-order valence-corrected chi connectivity index (χ1v) is 9.97. The van der Waals surface area contributed by atoms with Crippen LogP contribution in [0.15, 0.2) is 18.3 Å². The van der Waals surface area contributed by atoms with Gasteiger partial charge in [0.2, 0.25) is 0 Å². The molecule has 1 aliphatic carbocycles. The van der Waals surface area contributed by atoms with Gasteiger partial charge in [-0.05, 0) is 45.4 Å². The molecule has 0 spiro atoms. The van der Waals surface area contributed by atoms with Crippen molar-refractivity contribution in [2.75, 3.05) is 26.7 Å². The smallest absolute Gasteiger partial charge is 0.317 e. The monoisotopic (exact) mass is 385 g/mol. The number of fused-ring (bicyclic) bond motifs is 2. The number of carbonyl (C=O) groups is 1. The Hall–Kier alpha value is -2.61. The number of aromatic nitrogens is 1. The van der Waals surface area contributed by atoms with Gasteiger partial charge in [0.25, 0.3) is 5.69 Å². The van der Waals surface area contributed by atoms with Crippen LogP contribution < -0.4 is 5.32 Å². The van der Waals surface area contributed by atoms with Crippen LogP contribution in [0.3, 0.4) is 0 Å². The van der Waals surface area contributed by atoms with Gasteiger partial charge in [-0.3, -0.25) is 10.1 Å². The van der Waals surface area contributed by atoms with Crippen molar-refractivity contribution >= 4 is 22.6 Å². The number of amides is 2. The van der Waals surface area contributed by atoms with Gasteiger partial charge in [-0.25, -0.2) is 4.79 Å². The van der Waals surface area contributed by atoms with E-state index in [-0.39, 0.29) is 34.6 Å². The number of nitro benzene ring substituents is 1. The van der Waals surface area contributed by atoms with Crippen LogP contribution in [0.4, 0.5) is 10.5 Å². The zero-order chi connectivity index (χ0) is 20.0. The molecule has 0 saturated carbocycles. The summed E-state index contributed by atoms with van der Waals surface area (Å²) in [6.45, 7) is 6.00. The quantitative estimate of drug-likeness (QED) is 0.625. The molecule has 1 aliphatic heterocycles. The van der Waals surface area contributed by atoms with Crippen LogP contribution in [0.5, 0.6) is 0 Å². The van der Waals surface area contributed by atoms with Gasteiger partial charge in [-0.1, -0.05) is 0 Å². The number of aromatic amines is 1. The summed E-state index contributed by atoms with van der Waals surface area (Å²) in [7, 11) is 2.05. The normalized spacial score (nSPS) is 24.0. The van der Waals surface area contributed by atoms with Crippen LogP contribution in [0, 0.1) is 10.1 Å². The minimum atomic E-state index is -0.272. The third kappa shape index (κ3) is 2.92. The first-order valence-electron chi connectivity index (χ1n) is 9.97. The van der Waals surface area contributed by atoms with Crippen LogP contribution in [0.2, 0.25) is 0 Å². The summed E-state index contributed by atoms with van der Waals surface area (Å²) in [6, 6.07) is 3.52. The summed E-state index contributed by atoms with van der Waals surface area (Å²) < 4.78 is 0. The number of piperidine rings is 1. The zero-order valence-corrected chi connectivity index (χ0v) is 16.6. The maximum atomic E-state index is 12.5. The lowest BCUT2D eigenvalue weighted by molar-refractivity contribution is -0.385. The molecule has 0 radical (unpaired) electrons. The summed E-state index contributed by atoms with van der Waals surface area (Å²) in [5, 5.41) is 15.9. The Morgan fingerprint density at radius 3 is 2.82 bits per heavy atom. The van der Waals surface area contributed by atoms with Crippen LogP contribution in [0.25, 0.3) is 10.9 Å². The van der Waals surface area contributed by atoms with E-state index in [9.17, 15) is 14.9 Å². The Morgan fingerprint density at radius 1 is 1.39 bits per heavy atom. The Bertz CT molecular complexity index is 920. The molecular formula is C20H27N5O3. The van der Waals surface area contributed by atoms with E-state index >= 15 is 0 Å². The summed E-state index contributed by atoms with van der Waals surface area (Å²) in [5.41, 5.74) is 3.11. The van der Waals surface area contributed by atoms with Gasteiger partial charge in [0.05, 0.1) is 4.92 Å². The van der Waals surface area contributed by atoms with Gasteiger partial charge >= 0.3 is 6.03 Å². The molecule has 0 bridgehead atoms. The molecule has 150 valence electrons. The van der Waals surface area contributed by atoms with Crippen LogP contribution in [-0.2, 0) is 6.42 Å². The number of nitro groups is 1. The van der Waals surface area contributed by atoms with E-state index in [1.54, 1.807) is 17.0 Å². The molecule has 2 amide bonds. The van der Waals surface area contributed by atoms with Crippen molar-refractivity contribution in [3.05, 3.63) is 39.6 Å². The molecule has 1 fully saturated rings. The van der Waals surface area contributed by atoms with Crippen LogP contribution in [-0.4, -0.2) is 64.5 Å². The summed E-state index contributed by atoms with van der Waals surface area (Å²) in [5.74, 6) is 0.0214. The third-order valence-electron chi connectivity index (χ3n) is 6.40. The van der Waals surface area contributed by atoms with E-state index in [1.165, 1.54) is 0 Å². The van der Waals surface area contributed by atoms with E-state index in [1.807, 2.05) is 20.0 Å². The van der Waals surface area contributed by atoms with Gasteiger partial charge in [-0.2, -0.15) is 0 Å². The minimum absolute atomic E-state index is 0.0214. The molecule has 3 atom stereocenters. The van der Waals surface area contributed by atoms with E-state index in [4.69, 9.17) is 0 Å². The zero-order valence-electron chi connectivity index (χ0n) is 16.6. The van der Waals surface area contributed by atoms with E-state index < -0.39 is 0 Å². The standard InChI is InChI=1S/C20H27N5O3/c1-4-24(5-2)20(26)22-13-9-14-17(23(3)11-13)8-12-10-21-15-6-7-16(25(27)28)19(14)18(12)15/h6-7,10,13-14,17,21H,4-5,8-9,11H2,1-3H3,(H,22,26)/t13-,14?,17+/m0/s1. The molecular weight excluding hydrogens is 358 g/mol. The van der Waals surface area contributed by atoms with Gasteiger partial charge in [0, 0.05) is 66.4 Å². The molecule has 1 saturated heterocycles. The average Bonchev–Trinajstić information content (AvgIpc) is 3.07. The van der Waals surface area contributed by atoms with Crippen molar-refractivity contribution in [3.8, 4) is 0 Å². The predicted molar refractivity (Wildman–Crippen MR) is 108 cm³/mol. The maximum Gasteiger partial charge on any atom is 0.317 e. The number of likely N-dealkylation sites (N-methyl/N-ethyl adjacent to an activating group) is 1. The molecule has 1 unspecified atom stereocenters. The molecule has 4 rings (SSSR count). The molecule has 2 aromatic rings. The van der Waals surface area contributed by atoms with Gasteiger partial charge < -0.3 is 20.1 Å². The van der Waals surface area contributed by atoms with Gasteiger partial charge in [0.1, 0.15) is 0 Å². The minimum Gasteiger partial charge on any atom is -0.361 e. The number of urea groups is 1. The number of H-pyrrole nitrogens is 1. The second kappa shape index (κ2) is 7.09. The number of nitrogens with one attached hydrogen (secondary N) is 2. The lowest BCUT2D eigenvalue weighted by Crippen LogP contribution is -2.56. The Labute approximate surface area is 164 Å². The number of hydrogen-bond donors (Lipinski definition) is 2. The molecule has 8 heteroatoms. The number of likely N-dealkylation sites (tertiary alicyclic amines) is 1. The third-order valence-corrected chi connectivity index (χ3v) is 6.40. The first-order chi connectivity index (χ1) is 13.4. The number of hydrogen-bond acceptors (Lipinski definition) is 4. The van der Waals surface area contributed by atoms with E-state index in [0.717, 1.165) is 35.0 Å². The van der Waals surface area contributed by atoms with Crippen molar-refractivity contribution in [2.45, 2.75) is 44.7 Å². The predicted octanol–water partition coefficient (Wildman–Crippen LogP) is 2.84. The maximum absolute atomic E-state index is 12.5. The summed E-state index contributed by atoms with van der Waals surface area (Å²) in [4.78, 5) is 31.3. The highest BCUT2D eigenvalue weighted by Crippen LogP contribution is 2.46. The largest absolute Gasteiger partial charge is 0.361 e. The number of nitrogens with zero attached hydrogens (tertiary/aromatic N) is 3. The number of rotatable bonds is 4. The fourth-order valence-corrected chi connectivity index (χ4v) is 5.05. The Balaban J connectivity index is 1.70. The highest BCUT2D eigenvalue weighted by Gasteiger charge is 2.43. The van der Waals surface area contributed by atoms with Crippen LogP contribution >= 0.6 is 0 Å². The fraction of sp³-hybridized carbons (Fsp3) is 0.550. The van der Waals surface area contributed by atoms with E-state index in [2.05, 4.69) is 22.2 Å². The lowest BCUT2D eigenvalue weighted by Gasteiger charge is -2.45. The molecule has 2 aliphatic rings. The van der Waals surface area contributed by atoms with Crippen molar-refractivity contribution in [1.82, 2.24) is 20.1 Å². The fourth-order valence-electron chi connectivity index (χ4n) is 5.05. The van der Waals surface area contributed by atoms with Gasteiger partial charge in [-0.15, -0.1) is 0 Å².